The molecule has 0 saturated heterocycles. The maximum absolute atomic E-state index is 11.8. The number of nitrogens with zero attached hydrogens (tertiary/aromatic N) is 1. The molecule has 0 aliphatic carbocycles. The second kappa shape index (κ2) is 11.1. The van der Waals surface area contributed by atoms with E-state index in [1.54, 1.807) is 19.2 Å². The second-order valence-electron chi connectivity index (χ2n) is 6.88. The van der Waals surface area contributed by atoms with Crippen LogP contribution in [0.2, 0.25) is 0 Å². The molecule has 2 aromatic rings. The minimum Gasteiger partial charge on any atom is -0.504 e. The highest BCUT2D eigenvalue weighted by atomic mass is 16.5. The van der Waals surface area contributed by atoms with E-state index in [2.05, 4.69) is 4.98 Å². The van der Waals surface area contributed by atoms with Crippen LogP contribution in [0.5, 0.6) is 23.0 Å². The number of hydrogen-bond acceptors (Lipinski definition) is 6. The van der Waals surface area contributed by atoms with Crippen molar-refractivity contribution in [3.05, 3.63) is 46.8 Å². The number of phenolic OH excluding ortho intramolecular Hbond substituents is 1. The molecule has 0 aliphatic heterocycles. The zero-order valence-corrected chi connectivity index (χ0v) is 17.9. The van der Waals surface area contributed by atoms with E-state index in [9.17, 15) is 15.0 Å². The lowest BCUT2D eigenvalue weighted by molar-refractivity contribution is -0.132. The number of carbonyl (C=O) groups is 1. The number of carboxylic acid groups (broad SMARTS) is 1. The van der Waals surface area contributed by atoms with Gasteiger partial charge in [0.25, 0.3) is 0 Å². The van der Waals surface area contributed by atoms with Crippen molar-refractivity contribution < 1.29 is 29.2 Å². The van der Waals surface area contributed by atoms with Crippen molar-refractivity contribution in [2.24, 2.45) is 0 Å². The molecule has 0 saturated carbocycles. The molecule has 2 rings (SSSR count). The number of hydrogen-bond donors (Lipinski definition) is 2. The summed E-state index contributed by atoms with van der Waals surface area (Å²) in [6.07, 6.45) is 9.04. The number of carboxylic acids is 1. The van der Waals surface area contributed by atoms with Crippen LogP contribution in [0.3, 0.4) is 0 Å². The molecule has 0 unspecified atom stereocenters. The lowest BCUT2D eigenvalue weighted by Crippen LogP contribution is -2.04. The second-order valence-corrected chi connectivity index (χ2v) is 6.88. The van der Waals surface area contributed by atoms with Gasteiger partial charge < -0.3 is 24.4 Å². The summed E-state index contributed by atoms with van der Waals surface area (Å²) in [5.74, 6) is -0.424. The number of aliphatic carboxylic acids is 1. The molecule has 30 heavy (non-hydrogen) atoms. The Labute approximate surface area is 176 Å². The number of aromatic nitrogens is 1. The average molecular weight is 415 g/mol. The van der Waals surface area contributed by atoms with Gasteiger partial charge in [0.15, 0.2) is 11.5 Å². The summed E-state index contributed by atoms with van der Waals surface area (Å²) in [4.78, 5) is 15.9. The molecule has 0 spiro atoms. The Kier molecular flexibility index (Phi) is 8.53. The molecule has 1 heterocycles. The Hall–Kier alpha value is -3.22. The highest BCUT2D eigenvalue weighted by molar-refractivity contribution is 5.93. The molecular formula is C23H29NO6. The van der Waals surface area contributed by atoms with Gasteiger partial charge in [-0.1, -0.05) is 12.5 Å². The van der Waals surface area contributed by atoms with E-state index >= 15 is 0 Å². The zero-order valence-electron chi connectivity index (χ0n) is 17.9. The number of unbranched alkanes of at least 4 members (excludes halogenated alkanes) is 2. The Morgan fingerprint density at radius 2 is 1.77 bits per heavy atom. The molecule has 162 valence electrons. The molecular weight excluding hydrogens is 386 g/mol. The Morgan fingerprint density at radius 1 is 1.07 bits per heavy atom. The summed E-state index contributed by atoms with van der Waals surface area (Å²) in [6, 6.07) is 3.95. The molecule has 1 aromatic carbocycles. The number of aryl methyl sites for hydroxylation is 1. The van der Waals surface area contributed by atoms with Gasteiger partial charge in [-0.2, -0.15) is 0 Å². The van der Waals surface area contributed by atoms with Crippen LogP contribution in [-0.2, 0) is 11.2 Å². The maximum atomic E-state index is 11.8. The summed E-state index contributed by atoms with van der Waals surface area (Å²) >= 11 is 0. The largest absolute Gasteiger partial charge is 0.504 e. The topological polar surface area (TPSA) is 98.1 Å². The van der Waals surface area contributed by atoms with Crippen LogP contribution in [0, 0.1) is 6.92 Å². The van der Waals surface area contributed by atoms with Crippen molar-refractivity contribution in [3.8, 4) is 23.0 Å². The van der Waals surface area contributed by atoms with E-state index in [-0.39, 0.29) is 22.8 Å². The fourth-order valence-electron chi connectivity index (χ4n) is 3.33. The van der Waals surface area contributed by atoms with Gasteiger partial charge in [0.05, 0.1) is 21.3 Å². The number of phenols is 1. The van der Waals surface area contributed by atoms with Gasteiger partial charge in [-0.3, -0.25) is 4.98 Å². The number of rotatable bonds is 11. The number of ether oxygens (including phenoxy) is 3. The van der Waals surface area contributed by atoms with Crippen molar-refractivity contribution in [2.45, 2.75) is 39.0 Å². The van der Waals surface area contributed by atoms with E-state index in [1.807, 2.05) is 18.3 Å². The fourth-order valence-corrected chi connectivity index (χ4v) is 3.33. The quantitative estimate of drug-likeness (QED) is 0.415. The summed E-state index contributed by atoms with van der Waals surface area (Å²) < 4.78 is 16.0. The van der Waals surface area contributed by atoms with Crippen LogP contribution in [0.25, 0.3) is 6.08 Å². The molecule has 0 radical (unpaired) electrons. The third-order valence-electron chi connectivity index (χ3n) is 4.97. The van der Waals surface area contributed by atoms with Gasteiger partial charge in [0, 0.05) is 29.1 Å². The number of methoxy groups -OCH3 is 3. The lowest BCUT2D eigenvalue weighted by Gasteiger charge is -2.18. The molecule has 7 nitrogen and oxygen atoms in total. The van der Waals surface area contributed by atoms with Gasteiger partial charge in [-0.05, 0) is 50.3 Å². The Morgan fingerprint density at radius 3 is 2.33 bits per heavy atom. The smallest absolute Gasteiger partial charge is 0.331 e. The maximum Gasteiger partial charge on any atom is 0.331 e. The Bertz CT molecular complexity index is 893. The van der Waals surface area contributed by atoms with Gasteiger partial charge in [0.2, 0.25) is 11.5 Å². The van der Waals surface area contributed by atoms with Crippen molar-refractivity contribution in [3.63, 3.8) is 0 Å². The first-order chi connectivity index (χ1) is 14.4. The monoisotopic (exact) mass is 415 g/mol. The summed E-state index contributed by atoms with van der Waals surface area (Å²) in [7, 11) is 4.31. The van der Waals surface area contributed by atoms with Crippen LogP contribution in [0.1, 0.15) is 42.4 Å². The molecule has 0 aliphatic rings. The number of pyridine rings is 1. The van der Waals surface area contributed by atoms with Crippen LogP contribution in [0.15, 0.2) is 30.1 Å². The van der Waals surface area contributed by atoms with E-state index < -0.39 is 5.97 Å². The van der Waals surface area contributed by atoms with Crippen molar-refractivity contribution in [1.29, 1.82) is 0 Å². The molecule has 1 aromatic heterocycles. The molecule has 0 bridgehead atoms. The van der Waals surface area contributed by atoms with Crippen molar-refractivity contribution in [2.75, 3.05) is 21.3 Å². The van der Waals surface area contributed by atoms with E-state index in [4.69, 9.17) is 14.2 Å². The number of aromatic hydroxyl groups is 1. The predicted molar refractivity (Wildman–Crippen MR) is 115 cm³/mol. The van der Waals surface area contributed by atoms with Crippen LogP contribution >= 0.6 is 0 Å². The van der Waals surface area contributed by atoms with Crippen molar-refractivity contribution >= 4 is 12.0 Å². The highest BCUT2D eigenvalue weighted by Gasteiger charge is 2.24. The first kappa shape index (κ1) is 23.1. The minimum absolute atomic E-state index is 0.109. The first-order valence-corrected chi connectivity index (χ1v) is 9.78. The highest BCUT2D eigenvalue weighted by Crippen LogP contribution is 2.49. The van der Waals surface area contributed by atoms with Gasteiger partial charge in [-0.15, -0.1) is 0 Å². The molecule has 0 fully saturated rings. The predicted octanol–water partition coefficient (Wildman–Crippen LogP) is 4.39. The molecule has 0 amide bonds. The summed E-state index contributed by atoms with van der Waals surface area (Å²) in [5.41, 5.74) is 2.33. The molecule has 0 atom stereocenters. The third-order valence-corrected chi connectivity index (χ3v) is 4.97. The zero-order chi connectivity index (χ0) is 22.1. The SMILES string of the molecule is COc1c(O)c(C)c(/C=C(\CCCCCc2cccnc2)C(=O)O)c(OC)c1OC. The van der Waals surface area contributed by atoms with Gasteiger partial charge in [-0.25, -0.2) is 4.79 Å². The fraction of sp³-hybridized carbons (Fsp3) is 0.391. The summed E-state index contributed by atoms with van der Waals surface area (Å²) in [6.45, 7) is 1.68. The molecule has 7 heteroatoms. The molecule has 2 N–H and O–H groups in total. The van der Waals surface area contributed by atoms with Gasteiger partial charge in [0.1, 0.15) is 0 Å². The summed E-state index contributed by atoms with van der Waals surface area (Å²) in [5, 5.41) is 20.2. The van der Waals surface area contributed by atoms with Crippen molar-refractivity contribution in [1.82, 2.24) is 4.98 Å². The first-order valence-electron chi connectivity index (χ1n) is 9.78. The van der Waals surface area contributed by atoms with Crippen LogP contribution < -0.4 is 14.2 Å². The van der Waals surface area contributed by atoms with Crippen LogP contribution in [0.4, 0.5) is 0 Å². The standard InChI is InChI=1S/C23H29NO6/c1-15-18(20(28-2)22(30-4)21(29-3)19(15)25)13-17(23(26)27)11-7-5-6-9-16-10-8-12-24-14-16/h8,10,12-14,25H,5-7,9,11H2,1-4H3,(H,26,27)/b17-13+. The van der Waals surface area contributed by atoms with E-state index in [0.29, 0.717) is 23.3 Å². The van der Waals surface area contributed by atoms with Crippen LogP contribution in [-0.4, -0.2) is 42.5 Å². The van der Waals surface area contributed by atoms with E-state index in [0.717, 1.165) is 25.7 Å². The normalized spacial score (nSPS) is 11.3. The minimum atomic E-state index is -1.00. The van der Waals surface area contributed by atoms with Gasteiger partial charge >= 0.3 is 5.97 Å². The average Bonchev–Trinajstić information content (AvgIpc) is 2.75. The Balaban J connectivity index is 2.20. The van der Waals surface area contributed by atoms with E-state index in [1.165, 1.54) is 26.9 Å². The lowest BCUT2D eigenvalue weighted by atomic mass is 9.98. The number of benzene rings is 1. The third kappa shape index (κ3) is 5.43.